The lowest BCUT2D eigenvalue weighted by Crippen LogP contribution is -2.27. The van der Waals surface area contributed by atoms with E-state index in [1.165, 1.54) is 7.05 Å². The van der Waals surface area contributed by atoms with Gasteiger partial charge >= 0.3 is 6.09 Å². The fourth-order valence-corrected chi connectivity index (χ4v) is 4.81. The first-order chi connectivity index (χ1) is 20.9. The number of ether oxygens (including phenoxy) is 3. The molecule has 0 aliphatic heterocycles. The Bertz CT molecular complexity index is 1250. The molecule has 0 saturated carbocycles. The topological polar surface area (TPSA) is 144 Å². The van der Waals surface area contributed by atoms with E-state index in [-0.39, 0.29) is 43.1 Å². The highest BCUT2D eigenvalue weighted by Crippen LogP contribution is 2.46. The minimum absolute atomic E-state index is 0.0611. The highest BCUT2D eigenvalue weighted by molar-refractivity contribution is 5.96. The molecule has 1 aliphatic carbocycles. The van der Waals surface area contributed by atoms with Crippen molar-refractivity contribution in [2.45, 2.75) is 51.9 Å². The average molecular weight is 597 g/mol. The number of fused-ring (bicyclic) bond motifs is 3. The summed E-state index contributed by atoms with van der Waals surface area (Å²) in [5.41, 5.74) is 4.72. The first-order valence-electron chi connectivity index (χ1n) is 15.0. The van der Waals surface area contributed by atoms with Crippen LogP contribution in [0, 0.1) is 0 Å². The van der Waals surface area contributed by atoms with Gasteiger partial charge in [0.2, 0.25) is 11.8 Å². The van der Waals surface area contributed by atoms with E-state index in [0.717, 1.165) is 35.1 Å². The molecule has 234 valence electrons. The number of hydrogen-bond donors (Lipinski definition) is 4. The Balaban J connectivity index is 1.64. The molecule has 2 aromatic rings. The summed E-state index contributed by atoms with van der Waals surface area (Å²) in [5.74, 6) is -0.851. The van der Waals surface area contributed by atoms with E-state index in [2.05, 4.69) is 21.3 Å². The molecule has 0 aromatic heterocycles. The van der Waals surface area contributed by atoms with Crippen LogP contribution in [-0.2, 0) is 23.8 Å². The molecule has 0 spiro atoms. The molecule has 0 fully saturated rings. The van der Waals surface area contributed by atoms with Crippen LogP contribution in [0.4, 0.5) is 10.5 Å². The van der Waals surface area contributed by atoms with Gasteiger partial charge < -0.3 is 35.5 Å². The van der Waals surface area contributed by atoms with Crippen LogP contribution in [0.5, 0.6) is 0 Å². The Hall–Kier alpha value is -3.96. The van der Waals surface area contributed by atoms with Crippen LogP contribution in [0.3, 0.4) is 0 Å². The second kappa shape index (κ2) is 17.9. The van der Waals surface area contributed by atoms with Crippen LogP contribution in [0.1, 0.15) is 73.4 Å². The number of hydrogen-bond acceptors (Lipinski definition) is 7. The van der Waals surface area contributed by atoms with Crippen LogP contribution in [-0.4, -0.2) is 77.0 Å². The molecule has 2 aromatic carbocycles. The molecule has 4 amide bonds. The standard InChI is InChI=1S/C32H44N4O7/c1-4-15-41-17-13-34-29(37)7-6-8-30(38)36-23-10-12-25-24-11-9-22(31(39)35-14-18-42-16-5-2)19-26(24)28(27(25)20-23)21-43-32(40)33-3/h9-12,19-20,28H,4-8,13-18,21H2,1-3H3,(H,33,40)(H,34,37)(H,35,39)(H,36,38). The summed E-state index contributed by atoms with van der Waals surface area (Å²) < 4.78 is 16.2. The number of benzene rings is 2. The van der Waals surface area contributed by atoms with Gasteiger partial charge in [0.1, 0.15) is 6.61 Å². The third kappa shape index (κ3) is 10.4. The van der Waals surface area contributed by atoms with Gasteiger partial charge in [0.25, 0.3) is 5.91 Å². The maximum atomic E-state index is 12.8. The molecule has 3 rings (SSSR count). The second-order valence-corrected chi connectivity index (χ2v) is 10.2. The van der Waals surface area contributed by atoms with Crippen molar-refractivity contribution in [3.8, 4) is 11.1 Å². The van der Waals surface area contributed by atoms with Crippen LogP contribution in [0.15, 0.2) is 36.4 Å². The zero-order valence-electron chi connectivity index (χ0n) is 25.4. The number of nitrogens with one attached hydrogen (secondary N) is 4. The normalized spacial score (nSPS) is 13.0. The van der Waals surface area contributed by atoms with E-state index in [1.54, 1.807) is 6.07 Å². The summed E-state index contributed by atoms with van der Waals surface area (Å²) in [6, 6.07) is 11.1. The van der Waals surface area contributed by atoms with Crippen LogP contribution >= 0.6 is 0 Å². The van der Waals surface area contributed by atoms with Crippen molar-refractivity contribution in [3.05, 3.63) is 53.1 Å². The second-order valence-electron chi connectivity index (χ2n) is 10.2. The van der Waals surface area contributed by atoms with Gasteiger partial charge in [0.15, 0.2) is 0 Å². The van der Waals surface area contributed by atoms with Gasteiger partial charge in [-0.05, 0) is 65.8 Å². The van der Waals surface area contributed by atoms with Crippen LogP contribution < -0.4 is 21.3 Å². The largest absolute Gasteiger partial charge is 0.449 e. The van der Waals surface area contributed by atoms with Crippen molar-refractivity contribution < 1.29 is 33.4 Å². The highest BCUT2D eigenvalue weighted by Gasteiger charge is 2.31. The molecule has 0 heterocycles. The van der Waals surface area contributed by atoms with Crippen molar-refractivity contribution >= 4 is 29.5 Å². The average Bonchev–Trinajstić information content (AvgIpc) is 3.31. The quantitative estimate of drug-likeness (QED) is 0.191. The zero-order valence-corrected chi connectivity index (χ0v) is 25.4. The predicted octanol–water partition coefficient (Wildman–Crippen LogP) is 3.96. The first kappa shape index (κ1) is 33.5. The van der Waals surface area contributed by atoms with Crippen molar-refractivity contribution in [1.82, 2.24) is 16.0 Å². The molecule has 11 heteroatoms. The Kier molecular flexibility index (Phi) is 13.9. The SMILES string of the molecule is CCCOCCNC(=O)CCCC(=O)Nc1ccc2c(c1)C(COC(=O)NC)c1cc(C(=O)NCCOCCC)ccc1-2. The number of carbonyl (C=O) groups excluding carboxylic acids is 4. The lowest BCUT2D eigenvalue weighted by Gasteiger charge is -2.16. The van der Waals surface area contributed by atoms with Crippen LogP contribution in [0.25, 0.3) is 11.1 Å². The van der Waals surface area contributed by atoms with Gasteiger partial charge in [-0.2, -0.15) is 0 Å². The Morgan fingerprint density at radius 1 is 0.767 bits per heavy atom. The molecule has 1 aliphatic rings. The Morgan fingerprint density at radius 2 is 1.40 bits per heavy atom. The Morgan fingerprint density at radius 3 is 2.07 bits per heavy atom. The van der Waals surface area contributed by atoms with Crippen molar-refractivity contribution in [1.29, 1.82) is 0 Å². The summed E-state index contributed by atoms with van der Waals surface area (Å²) in [5, 5.41) is 11.0. The van der Waals surface area contributed by atoms with Gasteiger partial charge in [0, 0.05) is 63.4 Å². The van der Waals surface area contributed by atoms with E-state index < -0.39 is 6.09 Å². The Labute approximate surface area is 253 Å². The highest BCUT2D eigenvalue weighted by atomic mass is 16.5. The summed E-state index contributed by atoms with van der Waals surface area (Å²) >= 11 is 0. The van der Waals surface area contributed by atoms with Gasteiger partial charge in [0.05, 0.1) is 13.2 Å². The molecule has 0 bridgehead atoms. The number of anilines is 1. The predicted molar refractivity (Wildman–Crippen MR) is 164 cm³/mol. The van der Waals surface area contributed by atoms with Crippen molar-refractivity contribution in [2.75, 3.05) is 58.5 Å². The lowest BCUT2D eigenvalue weighted by molar-refractivity contribution is -0.121. The molecule has 1 unspecified atom stereocenters. The maximum absolute atomic E-state index is 12.8. The number of alkyl carbamates (subject to hydrolysis) is 1. The van der Waals surface area contributed by atoms with E-state index in [1.807, 2.05) is 44.2 Å². The molecule has 0 radical (unpaired) electrons. The van der Waals surface area contributed by atoms with Crippen LogP contribution in [0.2, 0.25) is 0 Å². The lowest BCUT2D eigenvalue weighted by atomic mass is 9.96. The summed E-state index contributed by atoms with van der Waals surface area (Å²) in [6.07, 6.45) is 2.16. The molecule has 11 nitrogen and oxygen atoms in total. The number of amides is 4. The maximum Gasteiger partial charge on any atom is 0.406 e. The number of carbonyl (C=O) groups is 4. The molecule has 4 N–H and O–H groups in total. The molecule has 1 atom stereocenters. The minimum atomic E-state index is -0.557. The smallest absolute Gasteiger partial charge is 0.406 e. The van der Waals surface area contributed by atoms with Crippen molar-refractivity contribution in [3.63, 3.8) is 0 Å². The summed E-state index contributed by atoms with van der Waals surface area (Å²) in [6.45, 7) is 7.19. The summed E-state index contributed by atoms with van der Waals surface area (Å²) in [7, 11) is 1.49. The van der Waals surface area contributed by atoms with E-state index >= 15 is 0 Å². The minimum Gasteiger partial charge on any atom is -0.449 e. The summed E-state index contributed by atoms with van der Waals surface area (Å²) in [4.78, 5) is 49.4. The third-order valence-corrected chi connectivity index (χ3v) is 6.88. The van der Waals surface area contributed by atoms with Gasteiger partial charge in [-0.15, -0.1) is 0 Å². The van der Waals surface area contributed by atoms with E-state index in [9.17, 15) is 19.2 Å². The zero-order chi connectivity index (χ0) is 31.0. The fraction of sp³-hybridized carbons (Fsp3) is 0.500. The molecular weight excluding hydrogens is 552 g/mol. The number of rotatable bonds is 18. The monoisotopic (exact) mass is 596 g/mol. The first-order valence-corrected chi connectivity index (χ1v) is 15.0. The third-order valence-electron chi connectivity index (χ3n) is 6.88. The molecule has 0 saturated heterocycles. The van der Waals surface area contributed by atoms with E-state index in [0.29, 0.717) is 57.2 Å². The van der Waals surface area contributed by atoms with Crippen molar-refractivity contribution in [2.24, 2.45) is 0 Å². The fourth-order valence-electron chi connectivity index (χ4n) is 4.81. The van der Waals surface area contributed by atoms with Gasteiger partial charge in [-0.3, -0.25) is 14.4 Å². The van der Waals surface area contributed by atoms with Gasteiger partial charge in [-0.1, -0.05) is 26.0 Å². The molecule has 43 heavy (non-hydrogen) atoms. The van der Waals surface area contributed by atoms with E-state index in [4.69, 9.17) is 14.2 Å². The molecular formula is C32H44N4O7. The van der Waals surface area contributed by atoms with Gasteiger partial charge in [-0.25, -0.2) is 4.79 Å².